The zero-order valence-electron chi connectivity index (χ0n) is 13.6. The summed E-state index contributed by atoms with van der Waals surface area (Å²) in [5, 5.41) is 0. The Hall–Kier alpha value is -0.0800. The van der Waals surface area contributed by atoms with Crippen LogP contribution in [0.5, 0.6) is 0 Å². The SMILES string of the molecule is CCCCCCCCCC(C)OCCCCCOC. The van der Waals surface area contributed by atoms with Gasteiger partial charge in [0.1, 0.15) is 0 Å². The van der Waals surface area contributed by atoms with Crippen molar-refractivity contribution in [2.24, 2.45) is 0 Å². The van der Waals surface area contributed by atoms with Crippen molar-refractivity contribution in [2.75, 3.05) is 20.3 Å². The van der Waals surface area contributed by atoms with Gasteiger partial charge in [0.25, 0.3) is 0 Å². The fraction of sp³-hybridized carbons (Fsp3) is 1.00. The smallest absolute Gasteiger partial charge is 0.0547 e. The number of ether oxygens (including phenoxy) is 2. The third-order valence-corrected chi connectivity index (χ3v) is 3.61. The maximum Gasteiger partial charge on any atom is 0.0547 e. The average Bonchev–Trinajstić information content (AvgIpc) is 2.41. The first kappa shape index (κ1) is 18.9. The Balaban J connectivity index is 3.10. The lowest BCUT2D eigenvalue weighted by Crippen LogP contribution is -2.09. The normalized spacial score (nSPS) is 12.8. The van der Waals surface area contributed by atoms with E-state index in [9.17, 15) is 0 Å². The minimum atomic E-state index is 0.443. The molecule has 0 aromatic rings. The minimum Gasteiger partial charge on any atom is -0.385 e. The maximum absolute atomic E-state index is 5.83. The largest absolute Gasteiger partial charge is 0.385 e. The van der Waals surface area contributed by atoms with E-state index in [-0.39, 0.29) is 0 Å². The highest BCUT2D eigenvalue weighted by molar-refractivity contribution is 4.53. The van der Waals surface area contributed by atoms with Crippen molar-refractivity contribution in [3.8, 4) is 0 Å². The Bertz CT molecular complexity index is 159. The van der Waals surface area contributed by atoms with Crippen LogP contribution in [0.25, 0.3) is 0 Å². The summed E-state index contributed by atoms with van der Waals surface area (Å²) in [4.78, 5) is 0. The summed E-state index contributed by atoms with van der Waals surface area (Å²) in [6.45, 7) is 6.29. The van der Waals surface area contributed by atoms with Crippen molar-refractivity contribution in [3.05, 3.63) is 0 Å². The van der Waals surface area contributed by atoms with Crippen molar-refractivity contribution in [1.29, 1.82) is 0 Å². The number of hydrogen-bond donors (Lipinski definition) is 0. The highest BCUT2D eigenvalue weighted by Gasteiger charge is 2.01. The van der Waals surface area contributed by atoms with Gasteiger partial charge >= 0.3 is 0 Å². The van der Waals surface area contributed by atoms with Gasteiger partial charge in [0.15, 0.2) is 0 Å². The van der Waals surface area contributed by atoms with Crippen LogP contribution in [0.1, 0.15) is 84.5 Å². The number of rotatable bonds is 15. The molecule has 0 aliphatic carbocycles. The van der Waals surface area contributed by atoms with E-state index in [0.717, 1.165) is 19.6 Å². The molecular formula is C17H36O2. The van der Waals surface area contributed by atoms with E-state index in [1.165, 1.54) is 64.2 Å². The van der Waals surface area contributed by atoms with E-state index in [1.54, 1.807) is 7.11 Å². The Morgan fingerprint density at radius 2 is 1.32 bits per heavy atom. The number of unbranched alkanes of at least 4 members (excludes halogenated alkanes) is 8. The van der Waals surface area contributed by atoms with Gasteiger partial charge in [0.2, 0.25) is 0 Å². The Morgan fingerprint density at radius 3 is 2.00 bits per heavy atom. The van der Waals surface area contributed by atoms with Crippen molar-refractivity contribution >= 4 is 0 Å². The molecular weight excluding hydrogens is 236 g/mol. The van der Waals surface area contributed by atoms with Gasteiger partial charge in [-0.05, 0) is 32.6 Å². The second kappa shape index (κ2) is 16.0. The fourth-order valence-electron chi connectivity index (χ4n) is 2.28. The molecule has 0 heterocycles. The van der Waals surface area contributed by atoms with Crippen molar-refractivity contribution < 1.29 is 9.47 Å². The first-order valence-electron chi connectivity index (χ1n) is 8.41. The van der Waals surface area contributed by atoms with Gasteiger partial charge in [-0.1, -0.05) is 51.9 Å². The predicted octanol–water partition coefficient (Wildman–Crippen LogP) is 5.35. The third-order valence-electron chi connectivity index (χ3n) is 3.61. The molecule has 116 valence electrons. The van der Waals surface area contributed by atoms with Crippen LogP contribution in [0.3, 0.4) is 0 Å². The van der Waals surface area contributed by atoms with Gasteiger partial charge in [-0.25, -0.2) is 0 Å². The highest BCUT2D eigenvalue weighted by Crippen LogP contribution is 2.11. The van der Waals surface area contributed by atoms with E-state index < -0.39 is 0 Å². The van der Waals surface area contributed by atoms with Gasteiger partial charge in [0.05, 0.1) is 6.10 Å². The van der Waals surface area contributed by atoms with Gasteiger partial charge in [-0.3, -0.25) is 0 Å². The molecule has 1 atom stereocenters. The lowest BCUT2D eigenvalue weighted by molar-refractivity contribution is 0.0547. The second-order valence-electron chi connectivity index (χ2n) is 5.64. The van der Waals surface area contributed by atoms with Crippen LogP contribution >= 0.6 is 0 Å². The standard InChI is InChI=1S/C17H36O2/c1-4-5-6-7-8-9-11-14-17(2)19-16-13-10-12-15-18-3/h17H,4-16H2,1-3H3. The summed E-state index contributed by atoms with van der Waals surface area (Å²) >= 11 is 0. The molecule has 2 heteroatoms. The van der Waals surface area contributed by atoms with Crippen LogP contribution in [0, 0.1) is 0 Å². The van der Waals surface area contributed by atoms with Gasteiger partial charge in [-0.15, -0.1) is 0 Å². The molecule has 0 amide bonds. The molecule has 0 fully saturated rings. The lowest BCUT2D eigenvalue weighted by atomic mass is 10.1. The fourth-order valence-corrected chi connectivity index (χ4v) is 2.28. The van der Waals surface area contributed by atoms with Crippen LogP contribution in [-0.2, 0) is 9.47 Å². The molecule has 2 nitrogen and oxygen atoms in total. The van der Waals surface area contributed by atoms with Crippen molar-refractivity contribution in [3.63, 3.8) is 0 Å². The molecule has 0 bridgehead atoms. The summed E-state index contributed by atoms with van der Waals surface area (Å²) < 4.78 is 10.9. The monoisotopic (exact) mass is 272 g/mol. The maximum atomic E-state index is 5.83. The van der Waals surface area contributed by atoms with Crippen molar-refractivity contribution in [1.82, 2.24) is 0 Å². The van der Waals surface area contributed by atoms with Crippen LogP contribution in [0.4, 0.5) is 0 Å². The Kier molecular flexibility index (Phi) is 15.9. The molecule has 0 spiro atoms. The molecule has 0 saturated carbocycles. The van der Waals surface area contributed by atoms with E-state index >= 15 is 0 Å². The summed E-state index contributed by atoms with van der Waals surface area (Å²) in [5.41, 5.74) is 0. The van der Waals surface area contributed by atoms with E-state index in [2.05, 4.69) is 13.8 Å². The summed E-state index contributed by atoms with van der Waals surface area (Å²) in [6, 6.07) is 0. The van der Waals surface area contributed by atoms with E-state index in [1.807, 2.05) is 0 Å². The Morgan fingerprint density at radius 1 is 0.737 bits per heavy atom. The molecule has 0 aromatic heterocycles. The molecule has 0 aromatic carbocycles. The first-order valence-corrected chi connectivity index (χ1v) is 8.41. The van der Waals surface area contributed by atoms with Gasteiger partial charge < -0.3 is 9.47 Å². The zero-order chi connectivity index (χ0) is 14.2. The second-order valence-corrected chi connectivity index (χ2v) is 5.64. The van der Waals surface area contributed by atoms with E-state index in [4.69, 9.17) is 9.47 Å². The Labute approximate surface area is 121 Å². The molecule has 1 unspecified atom stereocenters. The van der Waals surface area contributed by atoms with Crippen LogP contribution in [-0.4, -0.2) is 26.4 Å². The third kappa shape index (κ3) is 15.9. The molecule has 0 rings (SSSR count). The van der Waals surface area contributed by atoms with Crippen LogP contribution < -0.4 is 0 Å². The van der Waals surface area contributed by atoms with Crippen LogP contribution in [0.15, 0.2) is 0 Å². The lowest BCUT2D eigenvalue weighted by Gasteiger charge is -2.12. The van der Waals surface area contributed by atoms with Gasteiger partial charge in [-0.2, -0.15) is 0 Å². The molecule has 0 aliphatic rings. The first-order chi connectivity index (χ1) is 9.31. The quantitative estimate of drug-likeness (QED) is 0.374. The topological polar surface area (TPSA) is 18.5 Å². The van der Waals surface area contributed by atoms with E-state index in [0.29, 0.717) is 6.10 Å². The molecule has 19 heavy (non-hydrogen) atoms. The van der Waals surface area contributed by atoms with Crippen molar-refractivity contribution in [2.45, 2.75) is 90.6 Å². The number of methoxy groups -OCH3 is 1. The van der Waals surface area contributed by atoms with Crippen LogP contribution in [0.2, 0.25) is 0 Å². The molecule has 0 saturated heterocycles. The summed E-state index contributed by atoms with van der Waals surface area (Å²) in [6.07, 6.45) is 14.9. The summed E-state index contributed by atoms with van der Waals surface area (Å²) in [7, 11) is 1.76. The number of hydrogen-bond acceptors (Lipinski definition) is 2. The zero-order valence-corrected chi connectivity index (χ0v) is 13.6. The minimum absolute atomic E-state index is 0.443. The summed E-state index contributed by atoms with van der Waals surface area (Å²) in [5.74, 6) is 0. The molecule has 0 radical (unpaired) electrons. The average molecular weight is 272 g/mol. The molecule has 0 aliphatic heterocycles. The van der Waals surface area contributed by atoms with Gasteiger partial charge in [0, 0.05) is 20.3 Å². The highest BCUT2D eigenvalue weighted by atomic mass is 16.5. The predicted molar refractivity (Wildman–Crippen MR) is 83.8 cm³/mol. The molecule has 0 N–H and O–H groups in total.